The number of carbonyl (C=O) groups excluding carboxylic acids is 2. The molecule has 2 heterocycles. The predicted octanol–water partition coefficient (Wildman–Crippen LogP) is 4.73. The van der Waals surface area contributed by atoms with Gasteiger partial charge in [-0.1, -0.05) is 34.5 Å². The monoisotopic (exact) mass is 438 g/mol. The van der Waals surface area contributed by atoms with Crippen LogP contribution in [-0.2, 0) is 27.8 Å². The Morgan fingerprint density at radius 2 is 2.04 bits per heavy atom. The number of rotatable bonds is 4. The van der Waals surface area contributed by atoms with E-state index in [1.165, 1.54) is 30.4 Å². The van der Waals surface area contributed by atoms with Crippen molar-refractivity contribution in [3.05, 3.63) is 57.6 Å². The van der Waals surface area contributed by atoms with Gasteiger partial charge in [-0.3, -0.25) is 9.59 Å². The minimum atomic E-state index is 0.0617. The van der Waals surface area contributed by atoms with Gasteiger partial charge in [0.05, 0.1) is 6.42 Å². The van der Waals surface area contributed by atoms with E-state index in [-0.39, 0.29) is 17.2 Å². The molecule has 1 aliphatic carbocycles. The van der Waals surface area contributed by atoms with Gasteiger partial charge in [-0.2, -0.15) is 0 Å². The average molecular weight is 439 g/mol. The van der Waals surface area contributed by atoms with Crippen LogP contribution in [0.5, 0.6) is 0 Å². The second-order valence-corrected chi connectivity index (χ2v) is 9.26. The second kappa shape index (κ2) is 6.73. The van der Waals surface area contributed by atoms with E-state index in [2.05, 4.69) is 45.5 Å². The molecule has 0 saturated heterocycles. The molecule has 1 fully saturated rings. The number of aryl methyl sites for hydroxylation is 1. The lowest BCUT2D eigenvalue weighted by molar-refractivity contribution is -0.119. The third kappa shape index (κ3) is 2.96. The third-order valence-electron chi connectivity index (χ3n) is 6.54. The zero-order valence-corrected chi connectivity index (χ0v) is 17.3. The van der Waals surface area contributed by atoms with Gasteiger partial charge in [-0.05, 0) is 66.6 Å². The van der Waals surface area contributed by atoms with Gasteiger partial charge in [-0.25, -0.2) is 0 Å². The molecular formula is C23H23BrN2O2. The number of hydrogen-bond acceptors (Lipinski definition) is 2. The maximum atomic E-state index is 13.0. The largest absolute Gasteiger partial charge is 0.326 e. The molecule has 0 radical (unpaired) electrons. The lowest BCUT2D eigenvalue weighted by Gasteiger charge is -2.39. The molecule has 0 aromatic heterocycles. The van der Waals surface area contributed by atoms with E-state index in [4.69, 9.17) is 0 Å². The molecule has 5 rings (SSSR count). The van der Waals surface area contributed by atoms with Crippen LogP contribution in [0.1, 0.15) is 48.8 Å². The molecule has 1 spiro atoms. The molecule has 5 heteroatoms. The van der Waals surface area contributed by atoms with Crippen LogP contribution in [0.15, 0.2) is 40.9 Å². The first kappa shape index (κ1) is 17.9. The topological polar surface area (TPSA) is 49.4 Å². The van der Waals surface area contributed by atoms with Crippen LogP contribution in [0.2, 0.25) is 0 Å². The van der Waals surface area contributed by atoms with Gasteiger partial charge >= 0.3 is 0 Å². The molecule has 144 valence electrons. The van der Waals surface area contributed by atoms with E-state index in [1.807, 2.05) is 17.0 Å². The summed E-state index contributed by atoms with van der Waals surface area (Å²) in [6, 6.07) is 12.5. The van der Waals surface area contributed by atoms with Crippen molar-refractivity contribution >= 4 is 39.1 Å². The van der Waals surface area contributed by atoms with Crippen molar-refractivity contribution in [2.75, 3.05) is 16.8 Å². The van der Waals surface area contributed by atoms with E-state index in [9.17, 15) is 9.59 Å². The van der Waals surface area contributed by atoms with Gasteiger partial charge in [0.1, 0.15) is 0 Å². The van der Waals surface area contributed by atoms with Crippen LogP contribution in [0, 0.1) is 0 Å². The zero-order chi connectivity index (χ0) is 19.3. The van der Waals surface area contributed by atoms with Gasteiger partial charge < -0.3 is 10.2 Å². The van der Waals surface area contributed by atoms with E-state index >= 15 is 0 Å². The van der Waals surface area contributed by atoms with Crippen LogP contribution in [0.25, 0.3) is 0 Å². The first-order valence-corrected chi connectivity index (χ1v) is 10.9. The fourth-order valence-electron chi connectivity index (χ4n) is 4.91. The van der Waals surface area contributed by atoms with E-state index in [0.717, 1.165) is 40.8 Å². The number of anilines is 2. The molecule has 2 amide bonds. The fraction of sp³-hybridized carbons (Fsp3) is 0.391. The van der Waals surface area contributed by atoms with Gasteiger partial charge in [0.15, 0.2) is 0 Å². The molecule has 0 unspecified atom stereocenters. The Balaban J connectivity index is 1.25. The molecule has 28 heavy (non-hydrogen) atoms. The van der Waals surface area contributed by atoms with Crippen LogP contribution < -0.4 is 10.2 Å². The first-order valence-electron chi connectivity index (χ1n) is 10.1. The van der Waals surface area contributed by atoms with Crippen molar-refractivity contribution in [1.82, 2.24) is 0 Å². The Morgan fingerprint density at radius 3 is 2.82 bits per heavy atom. The van der Waals surface area contributed by atoms with Crippen molar-refractivity contribution in [3.63, 3.8) is 0 Å². The standard InChI is InChI=1S/C23H23BrN2O2/c24-17-6-8-20-18(13-17)23(9-2-10-23)14-26(20)22(28)4-1-3-15-5-7-19-16(11-15)12-21(27)25-19/h5-8,11,13H,1-4,9-10,12,14H2,(H,25,27). The summed E-state index contributed by atoms with van der Waals surface area (Å²) in [5.74, 6) is 0.289. The molecule has 0 atom stereocenters. The van der Waals surface area contributed by atoms with Gasteiger partial charge in [-0.15, -0.1) is 0 Å². The van der Waals surface area contributed by atoms with E-state index in [1.54, 1.807) is 0 Å². The Kier molecular flexibility index (Phi) is 4.31. The summed E-state index contributed by atoms with van der Waals surface area (Å²) >= 11 is 3.59. The minimum absolute atomic E-state index is 0.0617. The highest BCUT2D eigenvalue weighted by Gasteiger charge is 2.48. The molecule has 0 bridgehead atoms. The number of benzene rings is 2. The van der Waals surface area contributed by atoms with Crippen LogP contribution in [0.4, 0.5) is 11.4 Å². The first-order chi connectivity index (χ1) is 13.5. The van der Waals surface area contributed by atoms with E-state index < -0.39 is 0 Å². The summed E-state index contributed by atoms with van der Waals surface area (Å²) in [6.07, 6.45) is 6.33. The van der Waals surface area contributed by atoms with Crippen LogP contribution in [-0.4, -0.2) is 18.4 Å². The lowest BCUT2D eigenvalue weighted by Crippen LogP contribution is -2.41. The smallest absolute Gasteiger partial charge is 0.228 e. The number of hydrogen-bond donors (Lipinski definition) is 1. The van der Waals surface area contributed by atoms with Gasteiger partial charge in [0.25, 0.3) is 0 Å². The quantitative estimate of drug-likeness (QED) is 0.749. The number of carbonyl (C=O) groups is 2. The highest BCUT2D eigenvalue weighted by Crippen LogP contribution is 2.53. The van der Waals surface area contributed by atoms with Crippen molar-refractivity contribution in [1.29, 1.82) is 0 Å². The van der Waals surface area contributed by atoms with Crippen molar-refractivity contribution in [2.45, 2.75) is 50.4 Å². The number of amides is 2. The molecule has 4 nitrogen and oxygen atoms in total. The Labute approximate surface area is 173 Å². The maximum Gasteiger partial charge on any atom is 0.228 e. The lowest BCUT2D eigenvalue weighted by atomic mass is 9.66. The Hall–Kier alpha value is -2.14. The molecule has 3 aliphatic rings. The SMILES string of the molecule is O=C1Cc2cc(CCCC(=O)N3CC4(CCC4)c4cc(Br)ccc43)ccc2N1. The number of halogens is 1. The van der Waals surface area contributed by atoms with Crippen molar-refractivity contribution in [2.24, 2.45) is 0 Å². The molecule has 1 N–H and O–H groups in total. The summed E-state index contributed by atoms with van der Waals surface area (Å²) in [7, 11) is 0. The summed E-state index contributed by atoms with van der Waals surface area (Å²) in [5, 5.41) is 2.86. The second-order valence-electron chi connectivity index (χ2n) is 8.35. The minimum Gasteiger partial charge on any atom is -0.326 e. The molecular weight excluding hydrogens is 416 g/mol. The van der Waals surface area contributed by atoms with Crippen LogP contribution >= 0.6 is 15.9 Å². The highest BCUT2D eigenvalue weighted by atomic mass is 79.9. The fourth-order valence-corrected chi connectivity index (χ4v) is 5.27. The summed E-state index contributed by atoms with van der Waals surface area (Å²) in [4.78, 5) is 26.5. The van der Waals surface area contributed by atoms with Crippen molar-refractivity contribution < 1.29 is 9.59 Å². The summed E-state index contributed by atoms with van der Waals surface area (Å²) in [6.45, 7) is 0.838. The third-order valence-corrected chi connectivity index (χ3v) is 7.04. The number of fused-ring (bicyclic) bond motifs is 3. The summed E-state index contributed by atoms with van der Waals surface area (Å²) < 4.78 is 1.09. The zero-order valence-electron chi connectivity index (χ0n) is 15.8. The highest BCUT2D eigenvalue weighted by molar-refractivity contribution is 9.10. The van der Waals surface area contributed by atoms with Gasteiger partial charge in [0, 0.05) is 34.2 Å². The van der Waals surface area contributed by atoms with Crippen molar-refractivity contribution in [3.8, 4) is 0 Å². The van der Waals surface area contributed by atoms with Gasteiger partial charge in [0.2, 0.25) is 11.8 Å². The summed E-state index contributed by atoms with van der Waals surface area (Å²) in [5.41, 5.74) is 5.83. The molecule has 2 aliphatic heterocycles. The number of nitrogens with zero attached hydrogens (tertiary/aromatic N) is 1. The van der Waals surface area contributed by atoms with Crippen LogP contribution in [0.3, 0.4) is 0 Å². The number of nitrogens with one attached hydrogen (secondary N) is 1. The van der Waals surface area contributed by atoms with E-state index in [0.29, 0.717) is 12.8 Å². The molecule has 2 aromatic carbocycles. The average Bonchev–Trinajstić information content (AvgIpc) is 3.17. The Bertz CT molecular complexity index is 981. The predicted molar refractivity (Wildman–Crippen MR) is 114 cm³/mol. The Morgan fingerprint density at radius 1 is 1.18 bits per heavy atom. The molecule has 1 saturated carbocycles. The molecule has 2 aromatic rings. The maximum absolute atomic E-state index is 13.0. The normalized spacial score (nSPS) is 18.6.